The van der Waals surface area contributed by atoms with Gasteiger partial charge in [-0.25, -0.2) is 4.99 Å². The largest absolute Gasteiger partial charge is 0.379 e. The Morgan fingerprint density at radius 1 is 1.22 bits per heavy atom. The number of guanidine groups is 1. The van der Waals surface area contributed by atoms with E-state index in [1.54, 1.807) is 0 Å². The van der Waals surface area contributed by atoms with Gasteiger partial charge in [-0.05, 0) is 43.9 Å². The minimum atomic E-state index is 0.469. The van der Waals surface area contributed by atoms with Gasteiger partial charge in [-0.3, -0.25) is 4.90 Å². The Morgan fingerprint density at radius 2 is 2.04 bits per heavy atom. The minimum absolute atomic E-state index is 0.469. The van der Waals surface area contributed by atoms with Crippen molar-refractivity contribution >= 4 is 11.6 Å². The molecule has 150 valence electrons. The van der Waals surface area contributed by atoms with Crippen molar-refractivity contribution in [2.75, 3.05) is 57.9 Å². The maximum atomic E-state index is 5.45. The fourth-order valence-electron chi connectivity index (χ4n) is 3.84. The predicted molar refractivity (Wildman–Crippen MR) is 113 cm³/mol. The smallest absolute Gasteiger partial charge is 0.191 e. The summed E-state index contributed by atoms with van der Waals surface area (Å²) in [6, 6.07) is 7.26. The molecule has 1 aromatic carbocycles. The number of hydrogen-bond acceptors (Lipinski definition) is 4. The van der Waals surface area contributed by atoms with Crippen LogP contribution in [0.1, 0.15) is 31.4 Å². The zero-order chi connectivity index (χ0) is 19.1. The maximum Gasteiger partial charge on any atom is 0.191 e. The first-order valence-electron chi connectivity index (χ1n) is 10.3. The molecular formula is C21H35N5O. The third-order valence-corrected chi connectivity index (χ3v) is 5.49. The van der Waals surface area contributed by atoms with Crippen LogP contribution in [0.5, 0.6) is 0 Å². The molecule has 1 unspecified atom stereocenters. The second-order valence-corrected chi connectivity index (χ2v) is 7.56. The van der Waals surface area contributed by atoms with Crippen LogP contribution in [0.15, 0.2) is 23.2 Å². The van der Waals surface area contributed by atoms with Crippen molar-refractivity contribution in [1.82, 2.24) is 15.5 Å². The lowest BCUT2D eigenvalue weighted by Gasteiger charge is -2.32. The zero-order valence-corrected chi connectivity index (χ0v) is 17.1. The summed E-state index contributed by atoms with van der Waals surface area (Å²) >= 11 is 0. The van der Waals surface area contributed by atoms with E-state index in [4.69, 9.17) is 9.73 Å². The number of anilines is 1. The number of benzene rings is 1. The van der Waals surface area contributed by atoms with E-state index in [0.29, 0.717) is 12.6 Å². The molecule has 6 nitrogen and oxygen atoms in total. The number of nitrogens with zero attached hydrogens (tertiary/aromatic N) is 3. The highest BCUT2D eigenvalue weighted by Gasteiger charge is 2.17. The molecule has 2 N–H and O–H groups in total. The van der Waals surface area contributed by atoms with Crippen molar-refractivity contribution in [3.63, 3.8) is 0 Å². The number of morpholine rings is 1. The number of fused-ring (bicyclic) bond motifs is 1. The highest BCUT2D eigenvalue weighted by molar-refractivity contribution is 5.79. The first-order chi connectivity index (χ1) is 13.2. The lowest BCUT2D eigenvalue weighted by Crippen LogP contribution is -2.49. The molecule has 0 aromatic heterocycles. The van der Waals surface area contributed by atoms with Gasteiger partial charge in [0.05, 0.1) is 19.8 Å². The standard InChI is InChI=1S/C21H35N5O/c1-4-22-21(23-15-17(2)26-10-12-27-13-11-26)24-16-18-7-8-20-19(14-18)6-5-9-25(20)3/h7-8,14,17H,4-6,9-13,15-16H2,1-3H3,(H2,22,23,24). The Hall–Kier alpha value is -1.79. The summed E-state index contributed by atoms with van der Waals surface area (Å²) < 4.78 is 5.45. The van der Waals surface area contributed by atoms with Gasteiger partial charge >= 0.3 is 0 Å². The van der Waals surface area contributed by atoms with Crippen molar-refractivity contribution in [3.8, 4) is 0 Å². The van der Waals surface area contributed by atoms with E-state index in [2.05, 4.69) is 59.5 Å². The lowest BCUT2D eigenvalue weighted by atomic mass is 10.00. The first kappa shape index (κ1) is 20.0. The summed E-state index contributed by atoms with van der Waals surface area (Å²) in [5.41, 5.74) is 4.11. The van der Waals surface area contributed by atoms with E-state index in [9.17, 15) is 0 Å². The van der Waals surface area contributed by atoms with Gasteiger partial charge in [-0.15, -0.1) is 0 Å². The van der Waals surface area contributed by atoms with Gasteiger partial charge in [0.1, 0.15) is 0 Å². The molecule has 6 heteroatoms. The molecule has 2 aliphatic heterocycles. The third kappa shape index (κ3) is 5.59. The lowest BCUT2D eigenvalue weighted by molar-refractivity contribution is 0.0211. The topological polar surface area (TPSA) is 52.1 Å². The molecule has 1 saturated heterocycles. The molecule has 27 heavy (non-hydrogen) atoms. The quantitative estimate of drug-likeness (QED) is 0.589. The van der Waals surface area contributed by atoms with Crippen LogP contribution in [0.2, 0.25) is 0 Å². The molecule has 0 radical (unpaired) electrons. The molecule has 1 fully saturated rings. The van der Waals surface area contributed by atoms with Gasteiger partial charge in [0.15, 0.2) is 5.96 Å². The van der Waals surface area contributed by atoms with Crippen LogP contribution in [0.3, 0.4) is 0 Å². The number of nitrogens with one attached hydrogen (secondary N) is 2. The maximum absolute atomic E-state index is 5.45. The Morgan fingerprint density at radius 3 is 2.81 bits per heavy atom. The average Bonchev–Trinajstić information content (AvgIpc) is 2.70. The molecule has 3 rings (SSSR count). The summed E-state index contributed by atoms with van der Waals surface area (Å²) in [4.78, 5) is 9.63. The van der Waals surface area contributed by atoms with Gasteiger partial charge < -0.3 is 20.3 Å². The summed E-state index contributed by atoms with van der Waals surface area (Å²) in [5, 5.41) is 6.87. The average molecular weight is 374 g/mol. The normalized spacial score (nSPS) is 19.5. The molecular weight excluding hydrogens is 338 g/mol. The zero-order valence-electron chi connectivity index (χ0n) is 17.1. The van der Waals surface area contributed by atoms with Crippen LogP contribution >= 0.6 is 0 Å². The van der Waals surface area contributed by atoms with Crippen molar-refractivity contribution in [2.45, 2.75) is 39.3 Å². The summed E-state index contributed by atoms with van der Waals surface area (Å²) in [6.45, 7) is 11.7. The van der Waals surface area contributed by atoms with Crippen LogP contribution in [0.25, 0.3) is 0 Å². The molecule has 0 aliphatic carbocycles. The van der Waals surface area contributed by atoms with Crippen LogP contribution in [0.4, 0.5) is 5.69 Å². The molecule has 0 amide bonds. The van der Waals surface area contributed by atoms with Crippen molar-refractivity contribution < 1.29 is 4.74 Å². The Bertz CT molecular complexity index is 627. The Labute approximate surface area is 164 Å². The fraction of sp³-hybridized carbons (Fsp3) is 0.667. The third-order valence-electron chi connectivity index (χ3n) is 5.49. The highest BCUT2D eigenvalue weighted by atomic mass is 16.5. The highest BCUT2D eigenvalue weighted by Crippen LogP contribution is 2.26. The van der Waals surface area contributed by atoms with E-state index >= 15 is 0 Å². The number of aryl methyl sites for hydroxylation is 1. The molecule has 2 aliphatic rings. The SMILES string of the molecule is CCNC(=NCc1ccc2c(c1)CCCN2C)NCC(C)N1CCOCC1. The molecule has 2 heterocycles. The number of hydrogen-bond donors (Lipinski definition) is 2. The molecule has 0 bridgehead atoms. The molecule has 0 saturated carbocycles. The molecule has 1 atom stereocenters. The van der Waals surface area contributed by atoms with Crippen molar-refractivity contribution in [2.24, 2.45) is 4.99 Å². The van der Waals surface area contributed by atoms with Gasteiger partial charge in [0, 0.05) is 51.5 Å². The number of rotatable bonds is 6. The van der Waals surface area contributed by atoms with Crippen LogP contribution in [0, 0.1) is 0 Å². The van der Waals surface area contributed by atoms with Crippen LogP contribution in [-0.4, -0.2) is 69.9 Å². The van der Waals surface area contributed by atoms with Crippen LogP contribution < -0.4 is 15.5 Å². The van der Waals surface area contributed by atoms with E-state index in [1.165, 1.54) is 29.7 Å². The van der Waals surface area contributed by atoms with E-state index in [-0.39, 0.29) is 0 Å². The van der Waals surface area contributed by atoms with Crippen molar-refractivity contribution in [3.05, 3.63) is 29.3 Å². The van der Waals surface area contributed by atoms with Gasteiger partial charge in [0.2, 0.25) is 0 Å². The van der Waals surface area contributed by atoms with Crippen LogP contribution in [-0.2, 0) is 17.7 Å². The van der Waals surface area contributed by atoms with Gasteiger partial charge in [-0.2, -0.15) is 0 Å². The van der Waals surface area contributed by atoms with Crippen molar-refractivity contribution in [1.29, 1.82) is 0 Å². The number of aliphatic imine (C=N–C) groups is 1. The monoisotopic (exact) mass is 373 g/mol. The van der Waals surface area contributed by atoms with E-state index in [1.807, 2.05) is 0 Å². The van der Waals surface area contributed by atoms with E-state index < -0.39 is 0 Å². The Kier molecular flexibility index (Phi) is 7.35. The Balaban J connectivity index is 1.56. The predicted octanol–water partition coefficient (Wildman–Crippen LogP) is 1.84. The first-order valence-corrected chi connectivity index (χ1v) is 10.3. The second-order valence-electron chi connectivity index (χ2n) is 7.56. The van der Waals surface area contributed by atoms with Gasteiger partial charge in [-0.1, -0.05) is 12.1 Å². The van der Waals surface area contributed by atoms with Gasteiger partial charge in [0.25, 0.3) is 0 Å². The summed E-state index contributed by atoms with van der Waals surface area (Å²) in [5.74, 6) is 0.896. The van der Waals surface area contributed by atoms with E-state index in [0.717, 1.165) is 51.9 Å². The molecule has 1 aromatic rings. The fourth-order valence-corrected chi connectivity index (χ4v) is 3.84. The molecule has 0 spiro atoms. The minimum Gasteiger partial charge on any atom is -0.379 e. The summed E-state index contributed by atoms with van der Waals surface area (Å²) in [6.07, 6.45) is 2.41. The second kappa shape index (κ2) is 9.95. The number of ether oxygens (including phenoxy) is 1. The summed E-state index contributed by atoms with van der Waals surface area (Å²) in [7, 11) is 2.18.